The molecule has 180 valence electrons. The summed E-state index contributed by atoms with van der Waals surface area (Å²) < 4.78 is 5.86. The van der Waals surface area contributed by atoms with Gasteiger partial charge in [-0.3, -0.25) is 9.59 Å². The van der Waals surface area contributed by atoms with E-state index in [1.165, 1.54) is 0 Å². The van der Waals surface area contributed by atoms with Crippen LogP contribution in [0.2, 0.25) is 0 Å². The zero-order valence-corrected chi connectivity index (χ0v) is 20.3. The average Bonchev–Trinajstić information content (AvgIpc) is 3.34. The maximum Gasteiger partial charge on any atom is 0.205 e. The van der Waals surface area contributed by atoms with E-state index in [1.54, 1.807) is 42.5 Å². The molecule has 35 heavy (non-hydrogen) atoms. The lowest BCUT2D eigenvalue weighted by molar-refractivity contribution is 0.0752. The van der Waals surface area contributed by atoms with Gasteiger partial charge in [-0.2, -0.15) is 0 Å². The summed E-state index contributed by atoms with van der Waals surface area (Å²) in [5, 5.41) is 11.5. The smallest absolute Gasteiger partial charge is 0.205 e. The first-order valence-electron chi connectivity index (χ1n) is 11.4. The summed E-state index contributed by atoms with van der Waals surface area (Å²) in [6.45, 7) is 4.54. The summed E-state index contributed by atoms with van der Waals surface area (Å²) in [6.07, 6.45) is 7.93. The third kappa shape index (κ3) is 5.39. The predicted molar refractivity (Wildman–Crippen MR) is 138 cm³/mol. The van der Waals surface area contributed by atoms with Gasteiger partial charge in [0.05, 0.1) is 5.03 Å². The number of nitrogens with one attached hydrogen (secondary N) is 1. The monoisotopic (exact) mass is 490 g/mol. The molecule has 0 spiro atoms. The van der Waals surface area contributed by atoms with E-state index in [0.717, 1.165) is 16.7 Å². The van der Waals surface area contributed by atoms with Crippen molar-refractivity contribution in [1.82, 2.24) is 9.88 Å². The molecule has 0 radical (unpaired) electrons. The SMILES string of the molecule is CC(C)N(/C=C/C=C/C1=C(Cl)C(=O)c2ccccc2C1=O)CC(O)COc1cccc2[nH]ccc12. The second-order valence-electron chi connectivity index (χ2n) is 8.58. The number of hydrogen-bond acceptors (Lipinski definition) is 5. The van der Waals surface area contributed by atoms with Gasteiger partial charge in [0.15, 0.2) is 5.78 Å². The Balaban J connectivity index is 1.38. The number of allylic oxidation sites excluding steroid dienone is 5. The van der Waals surface area contributed by atoms with E-state index >= 15 is 0 Å². The molecule has 1 atom stereocenters. The molecule has 0 saturated heterocycles. The van der Waals surface area contributed by atoms with Gasteiger partial charge in [-0.25, -0.2) is 0 Å². The van der Waals surface area contributed by atoms with Crippen molar-refractivity contribution in [3.8, 4) is 5.75 Å². The summed E-state index contributed by atoms with van der Waals surface area (Å²) in [5.41, 5.74) is 1.83. The van der Waals surface area contributed by atoms with Crippen LogP contribution in [0.4, 0.5) is 0 Å². The molecule has 1 aliphatic rings. The van der Waals surface area contributed by atoms with Gasteiger partial charge in [-0.1, -0.05) is 48.0 Å². The Morgan fingerprint density at radius 2 is 1.77 bits per heavy atom. The molecule has 2 aromatic carbocycles. The van der Waals surface area contributed by atoms with Crippen LogP contribution in [0.25, 0.3) is 10.9 Å². The number of hydrogen-bond donors (Lipinski definition) is 2. The Labute approximate surface area is 209 Å². The third-order valence-corrected chi connectivity index (χ3v) is 6.19. The van der Waals surface area contributed by atoms with E-state index in [0.29, 0.717) is 17.7 Å². The molecular weight excluding hydrogens is 464 g/mol. The van der Waals surface area contributed by atoms with Crippen LogP contribution in [0.3, 0.4) is 0 Å². The highest BCUT2D eigenvalue weighted by molar-refractivity contribution is 6.50. The quantitative estimate of drug-likeness (QED) is 0.400. The van der Waals surface area contributed by atoms with Gasteiger partial charge in [-0.05, 0) is 50.4 Å². The molecule has 1 unspecified atom stereocenters. The van der Waals surface area contributed by atoms with Crippen LogP contribution in [0.15, 0.2) is 89.8 Å². The number of benzene rings is 2. The zero-order chi connectivity index (χ0) is 24.9. The van der Waals surface area contributed by atoms with E-state index in [9.17, 15) is 14.7 Å². The van der Waals surface area contributed by atoms with Crippen LogP contribution in [0.5, 0.6) is 5.75 Å². The molecule has 0 aliphatic heterocycles. The second-order valence-corrected chi connectivity index (χ2v) is 8.96. The molecular formula is C28H27ClN2O4. The normalized spacial score (nSPS) is 15.0. The zero-order valence-electron chi connectivity index (χ0n) is 19.6. The Hall–Kier alpha value is -3.61. The lowest BCUT2D eigenvalue weighted by Gasteiger charge is -2.27. The maximum absolute atomic E-state index is 12.8. The average molecular weight is 491 g/mol. The number of rotatable bonds is 9. The van der Waals surface area contributed by atoms with Gasteiger partial charge >= 0.3 is 0 Å². The molecule has 1 aliphatic carbocycles. The largest absolute Gasteiger partial charge is 0.490 e. The van der Waals surface area contributed by atoms with E-state index in [-0.39, 0.29) is 34.8 Å². The fourth-order valence-electron chi connectivity index (χ4n) is 3.93. The summed E-state index contributed by atoms with van der Waals surface area (Å²) >= 11 is 6.21. The maximum atomic E-state index is 12.8. The van der Waals surface area contributed by atoms with Crippen LogP contribution in [0.1, 0.15) is 34.6 Å². The Bertz CT molecular complexity index is 1340. The van der Waals surface area contributed by atoms with Gasteiger partial charge < -0.3 is 19.7 Å². The van der Waals surface area contributed by atoms with Crippen molar-refractivity contribution in [3.05, 3.63) is 101 Å². The molecule has 7 heteroatoms. The van der Waals surface area contributed by atoms with Crippen molar-refractivity contribution < 1.29 is 19.4 Å². The Morgan fingerprint density at radius 1 is 1.03 bits per heavy atom. The number of carbonyl (C=O) groups is 2. The fraction of sp³-hybridized carbons (Fsp3) is 0.214. The summed E-state index contributed by atoms with van der Waals surface area (Å²) in [4.78, 5) is 30.4. The first-order chi connectivity index (χ1) is 16.9. The number of carbonyl (C=O) groups excluding carboxylic acids is 2. The molecule has 0 saturated carbocycles. The molecule has 1 heterocycles. The highest BCUT2D eigenvalue weighted by atomic mass is 35.5. The van der Waals surface area contributed by atoms with Crippen LogP contribution in [-0.2, 0) is 0 Å². The summed E-state index contributed by atoms with van der Waals surface area (Å²) in [7, 11) is 0. The predicted octanol–water partition coefficient (Wildman–Crippen LogP) is 5.26. The highest BCUT2D eigenvalue weighted by Gasteiger charge is 2.29. The minimum atomic E-state index is -0.716. The first kappa shape index (κ1) is 24.5. The number of ketones is 2. The summed E-state index contributed by atoms with van der Waals surface area (Å²) in [6, 6.07) is 14.5. The first-order valence-corrected chi connectivity index (χ1v) is 11.8. The number of aliphatic hydroxyl groups is 1. The van der Waals surface area contributed by atoms with Gasteiger partial charge in [0, 0.05) is 46.4 Å². The highest BCUT2D eigenvalue weighted by Crippen LogP contribution is 2.29. The van der Waals surface area contributed by atoms with Crippen molar-refractivity contribution in [2.24, 2.45) is 0 Å². The number of fused-ring (bicyclic) bond motifs is 2. The van der Waals surface area contributed by atoms with Crippen LogP contribution < -0.4 is 4.74 Å². The lowest BCUT2D eigenvalue weighted by Crippen LogP contribution is -2.36. The van der Waals surface area contributed by atoms with Crippen molar-refractivity contribution in [2.45, 2.75) is 26.0 Å². The number of aromatic nitrogens is 1. The second kappa shape index (κ2) is 10.8. The lowest BCUT2D eigenvalue weighted by atomic mass is 9.89. The third-order valence-electron chi connectivity index (χ3n) is 5.82. The van der Waals surface area contributed by atoms with Gasteiger partial charge in [0.25, 0.3) is 0 Å². The van der Waals surface area contributed by atoms with E-state index in [4.69, 9.17) is 16.3 Å². The summed E-state index contributed by atoms with van der Waals surface area (Å²) in [5.74, 6) is 0.0872. The van der Waals surface area contributed by atoms with Gasteiger partial charge in [0.2, 0.25) is 5.78 Å². The molecule has 2 N–H and O–H groups in total. The van der Waals surface area contributed by atoms with Crippen molar-refractivity contribution in [3.63, 3.8) is 0 Å². The van der Waals surface area contributed by atoms with Crippen molar-refractivity contribution in [1.29, 1.82) is 0 Å². The number of ether oxygens (including phenoxy) is 1. The molecule has 0 fully saturated rings. The van der Waals surface area contributed by atoms with E-state index in [2.05, 4.69) is 4.98 Å². The van der Waals surface area contributed by atoms with E-state index < -0.39 is 6.10 Å². The molecule has 0 amide bonds. The van der Waals surface area contributed by atoms with Crippen LogP contribution in [0, 0.1) is 0 Å². The van der Waals surface area contributed by atoms with Crippen molar-refractivity contribution in [2.75, 3.05) is 13.2 Å². The Kier molecular flexibility index (Phi) is 7.54. The van der Waals surface area contributed by atoms with Crippen LogP contribution >= 0.6 is 11.6 Å². The standard InChI is InChI=1S/C28H27ClN2O4/c1-18(2)31(16-19(32)17-35-25-12-7-11-24-22(25)13-14-30-24)15-6-5-10-23-26(29)28(34)21-9-4-3-8-20(21)27(23)33/h3-15,18-19,30,32H,16-17H2,1-2H3/b10-5+,15-6+. The number of H-pyrrole nitrogens is 1. The molecule has 3 aromatic rings. The van der Waals surface area contributed by atoms with Crippen LogP contribution in [-0.4, -0.2) is 51.9 Å². The van der Waals surface area contributed by atoms with Gasteiger partial charge in [-0.15, -0.1) is 0 Å². The topological polar surface area (TPSA) is 82.6 Å². The van der Waals surface area contributed by atoms with Crippen molar-refractivity contribution >= 4 is 34.1 Å². The number of Topliss-reactive ketones (excluding diaryl/α,β-unsaturated/α-hetero) is 2. The minimum absolute atomic E-state index is 0.0796. The number of aliphatic hydroxyl groups excluding tert-OH is 1. The number of halogens is 1. The molecule has 0 bridgehead atoms. The Morgan fingerprint density at radius 3 is 2.51 bits per heavy atom. The van der Waals surface area contributed by atoms with E-state index in [1.807, 2.05) is 55.4 Å². The minimum Gasteiger partial charge on any atom is -0.490 e. The number of aromatic amines is 1. The number of nitrogens with zero attached hydrogens (tertiary/aromatic N) is 1. The molecule has 6 nitrogen and oxygen atoms in total. The molecule has 1 aromatic heterocycles. The molecule has 4 rings (SSSR count). The fourth-order valence-corrected chi connectivity index (χ4v) is 4.18. The van der Waals surface area contributed by atoms with Gasteiger partial charge in [0.1, 0.15) is 18.5 Å².